The van der Waals surface area contributed by atoms with Crippen LogP contribution in [0.25, 0.3) is 11.1 Å². The number of oxazole rings is 1. The van der Waals surface area contributed by atoms with E-state index in [-0.39, 0.29) is 16.8 Å². The van der Waals surface area contributed by atoms with Gasteiger partial charge in [-0.25, -0.2) is 4.79 Å². The van der Waals surface area contributed by atoms with Gasteiger partial charge in [0, 0.05) is 15.3 Å². The molecule has 0 bridgehead atoms. The van der Waals surface area contributed by atoms with Gasteiger partial charge in [-0.05, 0) is 46.9 Å². The summed E-state index contributed by atoms with van der Waals surface area (Å²) in [6, 6.07) is 10.6. The number of hydrogen-bond donors (Lipinski definition) is 1. The maximum absolute atomic E-state index is 12.0. The molecule has 0 saturated heterocycles. The molecule has 10 nitrogen and oxygen atoms in total. The topological polar surface area (TPSA) is 134 Å². The van der Waals surface area contributed by atoms with Gasteiger partial charge in [0.25, 0.3) is 11.6 Å². The van der Waals surface area contributed by atoms with E-state index in [1.807, 2.05) is 6.07 Å². The second kappa shape index (κ2) is 8.21. The maximum atomic E-state index is 12.0. The molecule has 1 amide bonds. The molecule has 11 heteroatoms. The van der Waals surface area contributed by atoms with Crippen LogP contribution < -0.4 is 11.1 Å². The Morgan fingerprint density at radius 1 is 1.25 bits per heavy atom. The van der Waals surface area contributed by atoms with Crippen LogP contribution in [-0.4, -0.2) is 28.0 Å². The molecule has 0 aliphatic carbocycles. The third-order valence-corrected chi connectivity index (χ3v) is 4.29. The zero-order valence-electron chi connectivity index (χ0n) is 14.1. The van der Waals surface area contributed by atoms with Gasteiger partial charge < -0.3 is 14.5 Å². The number of hydrogen-bond acceptors (Lipinski definition) is 7. The first-order valence-electron chi connectivity index (χ1n) is 7.82. The summed E-state index contributed by atoms with van der Waals surface area (Å²) in [5, 5.41) is 13.4. The molecular formula is C17H12IN3O7. The molecule has 0 atom stereocenters. The van der Waals surface area contributed by atoms with Crippen LogP contribution in [0.4, 0.5) is 11.4 Å². The molecule has 0 fully saturated rings. The number of nitrogens with zero attached hydrogens (tertiary/aromatic N) is 2. The highest BCUT2D eigenvalue weighted by molar-refractivity contribution is 14.1. The van der Waals surface area contributed by atoms with Crippen molar-refractivity contribution in [1.29, 1.82) is 0 Å². The Morgan fingerprint density at radius 2 is 2.04 bits per heavy atom. The van der Waals surface area contributed by atoms with Crippen LogP contribution in [0.3, 0.4) is 0 Å². The van der Waals surface area contributed by atoms with E-state index in [9.17, 15) is 24.5 Å². The number of carbonyl (C=O) groups is 2. The molecule has 1 N–H and O–H groups in total. The number of halogens is 1. The summed E-state index contributed by atoms with van der Waals surface area (Å²) in [6.45, 7) is -1.03. The molecule has 3 rings (SSSR count). The number of benzene rings is 2. The summed E-state index contributed by atoms with van der Waals surface area (Å²) < 4.78 is 11.7. The Hall–Kier alpha value is -3.22. The van der Waals surface area contributed by atoms with E-state index in [4.69, 9.17) is 9.15 Å². The number of nitrogens with one attached hydrogen (secondary N) is 1. The van der Waals surface area contributed by atoms with Gasteiger partial charge in [0.05, 0.1) is 16.5 Å². The molecule has 0 aliphatic rings. The molecular weight excluding hydrogens is 485 g/mol. The van der Waals surface area contributed by atoms with Crippen molar-refractivity contribution < 1.29 is 23.7 Å². The van der Waals surface area contributed by atoms with Gasteiger partial charge in [0.15, 0.2) is 12.2 Å². The van der Waals surface area contributed by atoms with Crippen molar-refractivity contribution in [2.24, 2.45) is 0 Å². The Balaban J connectivity index is 1.63. The Labute approximate surface area is 170 Å². The van der Waals surface area contributed by atoms with Gasteiger partial charge in [0.1, 0.15) is 6.54 Å². The fourth-order valence-corrected chi connectivity index (χ4v) is 2.95. The van der Waals surface area contributed by atoms with E-state index in [1.54, 1.807) is 18.2 Å². The number of ether oxygens (including phenoxy) is 1. The molecule has 0 unspecified atom stereocenters. The van der Waals surface area contributed by atoms with E-state index in [1.165, 1.54) is 12.1 Å². The van der Waals surface area contributed by atoms with Crippen molar-refractivity contribution in [3.8, 4) is 0 Å². The number of anilines is 1. The number of rotatable bonds is 6. The molecule has 1 aromatic heterocycles. The SMILES string of the molecule is O=C(COC(=O)Cn1c(=O)oc2cc([N+](=O)[O-])ccc21)Nc1cccc(I)c1. The van der Waals surface area contributed by atoms with Crippen molar-refractivity contribution in [3.05, 3.63) is 66.7 Å². The minimum Gasteiger partial charge on any atom is -0.454 e. The van der Waals surface area contributed by atoms with Crippen molar-refractivity contribution >= 4 is 56.9 Å². The number of aromatic nitrogens is 1. The summed E-state index contributed by atoms with van der Waals surface area (Å²) in [7, 11) is 0. The second-order valence-electron chi connectivity index (χ2n) is 5.58. The smallest absolute Gasteiger partial charge is 0.420 e. The standard InChI is InChI=1S/C17H12IN3O7/c18-10-2-1-3-11(6-10)19-15(22)9-27-16(23)8-20-13-5-4-12(21(25)26)7-14(13)28-17(20)24/h1-7H,8-9H2,(H,19,22). The van der Waals surface area contributed by atoms with Crippen molar-refractivity contribution in [3.63, 3.8) is 0 Å². The Kier molecular flexibility index (Phi) is 5.73. The highest BCUT2D eigenvalue weighted by atomic mass is 127. The number of amides is 1. The van der Waals surface area contributed by atoms with Crippen LogP contribution in [-0.2, 0) is 20.9 Å². The number of nitro benzene ring substituents is 1. The molecule has 0 radical (unpaired) electrons. The first kappa shape index (κ1) is 19.5. The van der Waals surface area contributed by atoms with Crippen LogP contribution in [0.1, 0.15) is 0 Å². The summed E-state index contributed by atoms with van der Waals surface area (Å²) in [5.41, 5.74) is 0.495. The number of nitro groups is 1. The van der Waals surface area contributed by atoms with E-state index >= 15 is 0 Å². The third-order valence-electron chi connectivity index (χ3n) is 3.62. The lowest BCUT2D eigenvalue weighted by Gasteiger charge is -2.07. The van der Waals surface area contributed by atoms with Gasteiger partial charge >= 0.3 is 11.7 Å². The number of fused-ring (bicyclic) bond motifs is 1. The highest BCUT2D eigenvalue weighted by Crippen LogP contribution is 2.20. The van der Waals surface area contributed by atoms with Crippen LogP contribution in [0.5, 0.6) is 0 Å². The quantitative estimate of drug-likeness (QED) is 0.239. The van der Waals surface area contributed by atoms with E-state index < -0.39 is 35.7 Å². The minimum absolute atomic E-state index is 0.0246. The molecule has 3 aromatic rings. The zero-order valence-corrected chi connectivity index (χ0v) is 16.2. The van der Waals surface area contributed by atoms with Gasteiger partial charge in [-0.3, -0.25) is 24.3 Å². The normalized spacial score (nSPS) is 10.6. The molecule has 0 aliphatic heterocycles. The Morgan fingerprint density at radius 3 is 2.75 bits per heavy atom. The number of non-ortho nitro benzene ring substituents is 1. The summed E-state index contributed by atoms with van der Waals surface area (Å²) in [6.07, 6.45) is 0. The van der Waals surface area contributed by atoms with Gasteiger partial charge in [-0.2, -0.15) is 0 Å². The molecule has 0 spiro atoms. The van der Waals surface area contributed by atoms with Crippen LogP contribution in [0.15, 0.2) is 51.7 Å². The summed E-state index contributed by atoms with van der Waals surface area (Å²) in [4.78, 5) is 45.9. The van der Waals surface area contributed by atoms with Crippen LogP contribution in [0, 0.1) is 13.7 Å². The van der Waals surface area contributed by atoms with E-state index in [0.717, 1.165) is 14.2 Å². The average molecular weight is 497 g/mol. The van der Waals surface area contributed by atoms with Gasteiger partial charge in [-0.1, -0.05) is 6.07 Å². The van der Waals surface area contributed by atoms with Crippen molar-refractivity contribution in [2.75, 3.05) is 11.9 Å². The van der Waals surface area contributed by atoms with Crippen LogP contribution in [0.2, 0.25) is 0 Å². The summed E-state index contributed by atoms with van der Waals surface area (Å²) >= 11 is 2.10. The van der Waals surface area contributed by atoms with Gasteiger partial charge in [0.2, 0.25) is 0 Å². The zero-order chi connectivity index (χ0) is 20.3. The fraction of sp³-hybridized carbons (Fsp3) is 0.118. The first-order valence-corrected chi connectivity index (χ1v) is 8.90. The molecule has 144 valence electrons. The maximum Gasteiger partial charge on any atom is 0.420 e. The van der Waals surface area contributed by atoms with Crippen molar-refractivity contribution in [2.45, 2.75) is 6.54 Å². The molecule has 0 saturated carbocycles. The Bertz CT molecular complexity index is 1140. The van der Waals surface area contributed by atoms with E-state index in [2.05, 4.69) is 27.9 Å². The number of esters is 1. The largest absolute Gasteiger partial charge is 0.454 e. The first-order chi connectivity index (χ1) is 13.3. The lowest BCUT2D eigenvalue weighted by atomic mass is 10.3. The van der Waals surface area contributed by atoms with Crippen molar-refractivity contribution in [1.82, 2.24) is 4.57 Å². The molecule has 28 heavy (non-hydrogen) atoms. The highest BCUT2D eigenvalue weighted by Gasteiger charge is 2.17. The number of carbonyl (C=O) groups excluding carboxylic acids is 2. The predicted octanol–water partition coefficient (Wildman–Crippen LogP) is 2.29. The minimum atomic E-state index is -0.865. The van der Waals surface area contributed by atoms with Gasteiger partial charge in [-0.15, -0.1) is 0 Å². The molecule has 2 aromatic carbocycles. The average Bonchev–Trinajstić information content (AvgIpc) is 2.94. The predicted molar refractivity (Wildman–Crippen MR) is 106 cm³/mol. The molecule has 1 heterocycles. The lowest BCUT2D eigenvalue weighted by Crippen LogP contribution is -2.25. The van der Waals surface area contributed by atoms with E-state index in [0.29, 0.717) is 5.69 Å². The third kappa shape index (κ3) is 4.54. The summed E-state index contributed by atoms with van der Waals surface area (Å²) in [5.74, 6) is -2.23. The lowest BCUT2D eigenvalue weighted by molar-refractivity contribution is -0.384. The monoisotopic (exact) mass is 497 g/mol. The fourth-order valence-electron chi connectivity index (χ4n) is 2.40. The second-order valence-corrected chi connectivity index (χ2v) is 6.83. The van der Waals surface area contributed by atoms with Crippen LogP contribution >= 0.6 is 22.6 Å².